The van der Waals surface area contributed by atoms with Gasteiger partial charge in [0.25, 0.3) is 0 Å². The third-order valence-corrected chi connectivity index (χ3v) is 4.21. The van der Waals surface area contributed by atoms with Gasteiger partial charge in [-0.15, -0.1) is 0 Å². The van der Waals surface area contributed by atoms with Crippen LogP contribution in [-0.2, 0) is 13.0 Å². The predicted octanol–water partition coefficient (Wildman–Crippen LogP) is 4.32. The van der Waals surface area contributed by atoms with Crippen LogP contribution in [0.15, 0.2) is 54.7 Å². The summed E-state index contributed by atoms with van der Waals surface area (Å²) in [5, 5.41) is 1.21. The fourth-order valence-corrected chi connectivity index (χ4v) is 2.93. The molecule has 0 radical (unpaired) electrons. The van der Waals surface area contributed by atoms with Crippen LogP contribution in [0.25, 0.3) is 10.9 Å². The average molecular weight is 310 g/mol. The van der Waals surface area contributed by atoms with E-state index < -0.39 is 0 Å². The highest BCUT2D eigenvalue weighted by Gasteiger charge is 2.06. The highest BCUT2D eigenvalue weighted by atomic mass is 19.1. The normalized spacial score (nSPS) is 11.5. The first kappa shape index (κ1) is 15.8. The van der Waals surface area contributed by atoms with E-state index in [0.29, 0.717) is 6.54 Å². The molecule has 0 spiro atoms. The SMILES string of the molecule is CN(C)CCCc1ccc2ccn(Cc3ccccc3F)c2c1. The van der Waals surface area contributed by atoms with Crippen molar-refractivity contribution in [2.45, 2.75) is 19.4 Å². The number of nitrogens with zero attached hydrogens (tertiary/aromatic N) is 2. The Morgan fingerprint density at radius 1 is 1.04 bits per heavy atom. The molecule has 3 aromatic rings. The highest BCUT2D eigenvalue weighted by molar-refractivity contribution is 5.81. The number of rotatable bonds is 6. The Bertz CT molecular complexity index is 789. The summed E-state index contributed by atoms with van der Waals surface area (Å²) in [5.74, 6) is -0.142. The smallest absolute Gasteiger partial charge is 0.128 e. The van der Waals surface area contributed by atoms with Crippen molar-refractivity contribution in [2.24, 2.45) is 0 Å². The van der Waals surface area contributed by atoms with Gasteiger partial charge in [0.1, 0.15) is 5.82 Å². The third-order valence-electron chi connectivity index (χ3n) is 4.21. The monoisotopic (exact) mass is 310 g/mol. The molecule has 0 saturated carbocycles. The minimum absolute atomic E-state index is 0.142. The van der Waals surface area contributed by atoms with E-state index in [2.05, 4.69) is 47.8 Å². The minimum atomic E-state index is -0.142. The Hall–Kier alpha value is -2.13. The van der Waals surface area contributed by atoms with E-state index in [1.54, 1.807) is 6.07 Å². The molecule has 1 aromatic heterocycles. The number of fused-ring (bicyclic) bond motifs is 1. The Balaban J connectivity index is 1.82. The Kier molecular flexibility index (Phi) is 4.77. The van der Waals surface area contributed by atoms with Crippen LogP contribution in [0.3, 0.4) is 0 Å². The number of benzene rings is 2. The maximum Gasteiger partial charge on any atom is 0.128 e. The topological polar surface area (TPSA) is 8.17 Å². The first-order chi connectivity index (χ1) is 11.1. The van der Waals surface area contributed by atoms with Crippen LogP contribution in [-0.4, -0.2) is 30.1 Å². The van der Waals surface area contributed by atoms with Crippen LogP contribution >= 0.6 is 0 Å². The molecule has 23 heavy (non-hydrogen) atoms. The summed E-state index contributed by atoms with van der Waals surface area (Å²) in [7, 11) is 4.20. The molecule has 0 atom stereocenters. The summed E-state index contributed by atoms with van der Waals surface area (Å²) in [4.78, 5) is 2.21. The number of hydrogen-bond donors (Lipinski definition) is 0. The lowest BCUT2D eigenvalue weighted by Crippen LogP contribution is -2.13. The van der Waals surface area contributed by atoms with Gasteiger partial charge in [-0.05, 0) is 62.6 Å². The molecule has 0 unspecified atom stereocenters. The third kappa shape index (κ3) is 3.80. The summed E-state index contributed by atoms with van der Waals surface area (Å²) in [6.45, 7) is 1.66. The molecule has 0 fully saturated rings. The van der Waals surface area contributed by atoms with Crippen molar-refractivity contribution in [1.29, 1.82) is 0 Å². The molecule has 0 N–H and O–H groups in total. The average Bonchev–Trinajstić information content (AvgIpc) is 2.92. The van der Waals surface area contributed by atoms with Gasteiger partial charge in [-0.3, -0.25) is 0 Å². The lowest BCUT2D eigenvalue weighted by molar-refractivity contribution is 0.400. The molecule has 0 aliphatic rings. The van der Waals surface area contributed by atoms with Gasteiger partial charge < -0.3 is 9.47 Å². The molecule has 0 bridgehead atoms. The number of aryl methyl sites for hydroxylation is 1. The van der Waals surface area contributed by atoms with Crippen molar-refractivity contribution >= 4 is 10.9 Å². The molecular weight excluding hydrogens is 287 g/mol. The summed E-state index contributed by atoms with van der Waals surface area (Å²) in [6.07, 6.45) is 4.26. The van der Waals surface area contributed by atoms with E-state index in [1.807, 2.05) is 18.3 Å². The van der Waals surface area contributed by atoms with Crippen molar-refractivity contribution in [3.63, 3.8) is 0 Å². The number of halogens is 1. The number of aromatic nitrogens is 1. The first-order valence-electron chi connectivity index (χ1n) is 8.09. The van der Waals surface area contributed by atoms with Crippen LogP contribution < -0.4 is 0 Å². The van der Waals surface area contributed by atoms with Gasteiger partial charge in [0, 0.05) is 17.3 Å². The fraction of sp³-hybridized carbons (Fsp3) is 0.300. The largest absolute Gasteiger partial charge is 0.343 e. The molecule has 3 rings (SSSR count). The van der Waals surface area contributed by atoms with E-state index in [4.69, 9.17) is 0 Å². The van der Waals surface area contributed by atoms with Gasteiger partial charge in [-0.2, -0.15) is 0 Å². The fourth-order valence-electron chi connectivity index (χ4n) is 2.93. The minimum Gasteiger partial charge on any atom is -0.343 e. The zero-order valence-electron chi connectivity index (χ0n) is 13.8. The van der Waals surface area contributed by atoms with Crippen molar-refractivity contribution in [1.82, 2.24) is 9.47 Å². The zero-order valence-corrected chi connectivity index (χ0v) is 13.8. The van der Waals surface area contributed by atoms with E-state index in [-0.39, 0.29) is 5.82 Å². The number of hydrogen-bond acceptors (Lipinski definition) is 1. The zero-order chi connectivity index (χ0) is 16.2. The Morgan fingerprint density at radius 3 is 2.65 bits per heavy atom. The van der Waals surface area contributed by atoms with Gasteiger partial charge in [0.05, 0.1) is 6.54 Å². The standard InChI is InChI=1S/C20H23FN2/c1-22(2)12-5-6-16-9-10-17-11-13-23(20(17)14-16)15-18-7-3-4-8-19(18)21/h3-4,7-11,13-14H,5-6,12,15H2,1-2H3. The van der Waals surface area contributed by atoms with Crippen LogP contribution in [0.4, 0.5) is 4.39 Å². The Morgan fingerprint density at radius 2 is 1.87 bits per heavy atom. The lowest BCUT2D eigenvalue weighted by atomic mass is 10.1. The van der Waals surface area contributed by atoms with Gasteiger partial charge >= 0.3 is 0 Å². The first-order valence-corrected chi connectivity index (χ1v) is 8.09. The summed E-state index contributed by atoms with van der Waals surface area (Å²) >= 11 is 0. The molecule has 0 aliphatic carbocycles. The predicted molar refractivity (Wildman–Crippen MR) is 94.3 cm³/mol. The maximum absolute atomic E-state index is 13.9. The van der Waals surface area contributed by atoms with E-state index in [0.717, 1.165) is 24.9 Å². The van der Waals surface area contributed by atoms with Crippen molar-refractivity contribution in [3.05, 3.63) is 71.7 Å². The highest BCUT2D eigenvalue weighted by Crippen LogP contribution is 2.20. The van der Waals surface area contributed by atoms with E-state index in [1.165, 1.54) is 22.5 Å². The second-order valence-electron chi connectivity index (χ2n) is 6.34. The van der Waals surface area contributed by atoms with E-state index in [9.17, 15) is 4.39 Å². The second-order valence-corrected chi connectivity index (χ2v) is 6.34. The van der Waals surface area contributed by atoms with Gasteiger partial charge in [-0.25, -0.2) is 4.39 Å². The van der Waals surface area contributed by atoms with Crippen molar-refractivity contribution in [2.75, 3.05) is 20.6 Å². The molecule has 1 heterocycles. The Labute approximate surface area is 137 Å². The van der Waals surface area contributed by atoms with Crippen LogP contribution in [0.5, 0.6) is 0 Å². The molecule has 2 nitrogen and oxygen atoms in total. The summed E-state index contributed by atoms with van der Waals surface area (Å²) in [5.41, 5.74) is 3.24. The molecule has 0 saturated heterocycles. The van der Waals surface area contributed by atoms with Gasteiger partial charge in [0.15, 0.2) is 0 Å². The molecule has 3 heteroatoms. The summed E-state index contributed by atoms with van der Waals surface area (Å²) in [6, 6.07) is 15.7. The van der Waals surface area contributed by atoms with Crippen LogP contribution in [0, 0.1) is 5.82 Å². The second kappa shape index (κ2) is 6.97. The summed E-state index contributed by atoms with van der Waals surface area (Å²) < 4.78 is 16.0. The molecule has 2 aromatic carbocycles. The van der Waals surface area contributed by atoms with E-state index >= 15 is 0 Å². The van der Waals surface area contributed by atoms with Gasteiger partial charge in [0.2, 0.25) is 0 Å². The van der Waals surface area contributed by atoms with Crippen LogP contribution in [0.2, 0.25) is 0 Å². The van der Waals surface area contributed by atoms with Gasteiger partial charge in [-0.1, -0.05) is 30.3 Å². The van der Waals surface area contributed by atoms with Crippen LogP contribution in [0.1, 0.15) is 17.5 Å². The molecule has 0 aliphatic heterocycles. The maximum atomic E-state index is 13.9. The molecule has 120 valence electrons. The van der Waals surface area contributed by atoms with Crippen molar-refractivity contribution < 1.29 is 4.39 Å². The molecule has 0 amide bonds. The quantitative estimate of drug-likeness (QED) is 0.658. The lowest BCUT2D eigenvalue weighted by Gasteiger charge is -2.10. The molecular formula is C20H23FN2. The van der Waals surface area contributed by atoms with Crippen molar-refractivity contribution in [3.8, 4) is 0 Å².